The van der Waals surface area contributed by atoms with Crippen LogP contribution in [0.25, 0.3) is 22.3 Å². The summed E-state index contributed by atoms with van der Waals surface area (Å²) in [5.74, 6) is -0.413. The Balaban J connectivity index is 1.47. The van der Waals surface area contributed by atoms with Crippen molar-refractivity contribution in [3.05, 3.63) is 53.9 Å². The number of hydrogen-bond acceptors (Lipinski definition) is 6. The highest BCUT2D eigenvalue weighted by atomic mass is 19.4. The largest absolute Gasteiger partial charge is 0.433 e. The molecule has 1 aliphatic rings. The van der Waals surface area contributed by atoms with Gasteiger partial charge in [-0.25, -0.2) is 23.8 Å². The van der Waals surface area contributed by atoms with Crippen LogP contribution in [0.2, 0.25) is 0 Å². The number of anilines is 3. The van der Waals surface area contributed by atoms with E-state index < -0.39 is 23.7 Å². The lowest BCUT2D eigenvalue weighted by Gasteiger charge is -2.19. The van der Waals surface area contributed by atoms with Gasteiger partial charge in [-0.15, -0.1) is 0 Å². The summed E-state index contributed by atoms with van der Waals surface area (Å²) in [7, 11) is 1.65. The number of benzene rings is 1. The van der Waals surface area contributed by atoms with Crippen molar-refractivity contribution < 1.29 is 22.4 Å². The average molecular weight is 472 g/mol. The number of fused-ring (bicyclic) bond motifs is 2. The van der Waals surface area contributed by atoms with E-state index in [0.717, 1.165) is 12.3 Å². The number of alkyl halides is 3. The number of carbonyl (C=O) groups excluding carboxylic acids is 1. The predicted molar refractivity (Wildman–Crippen MR) is 115 cm³/mol. The maximum atomic E-state index is 15.6. The molecule has 13 heteroatoms. The van der Waals surface area contributed by atoms with Gasteiger partial charge in [0.1, 0.15) is 29.4 Å². The number of carbonyl (C=O) groups is 1. The molecule has 3 aromatic heterocycles. The smallest absolute Gasteiger partial charge is 0.383 e. The summed E-state index contributed by atoms with van der Waals surface area (Å²) in [6.45, 7) is 0.146. The Labute approximate surface area is 189 Å². The van der Waals surface area contributed by atoms with Crippen molar-refractivity contribution in [1.82, 2.24) is 24.7 Å². The van der Waals surface area contributed by atoms with E-state index in [1.54, 1.807) is 13.1 Å². The predicted octanol–water partition coefficient (Wildman–Crippen LogP) is 3.76. The molecule has 0 spiro atoms. The number of nitrogens with one attached hydrogen (secondary N) is 1. The minimum atomic E-state index is -4.65. The van der Waals surface area contributed by atoms with Gasteiger partial charge in [-0.05, 0) is 30.7 Å². The molecule has 0 radical (unpaired) electrons. The molecule has 4 aromatic rings. The van der Waals surface area contributed by atoms with Crippen LogP contribution in [0.15, 0.2) is 36.8 Å². The Morgan fingerprint density at radius 2 is 1.97 bits per heavy atom. The fourth-order valence-corrected chi connectivity index (χ4v) is 3.99. The van der Waals surface area contributed by atoms with Crippen LogP contribution in [0, 0.1) is 5.82 Å². The van der Waals surface area contributed by atoms with Gasteiger partial charge >= 0.3 is 12.2 Å². The number of rotatable bonds is 2. The number of nitrogens with two attached hydrogens (primary N) is 1. The molecule has 174 valence electrons. The van der Waals surface area contributed by atoms with Gasteiger partial charge in [0.15, 0.2) is 5.65 Å². The summed E-state index contributed by atoms with van der Waals surface area (Å²) < 4.78 is 55.7. The van der Waals surface area contributed by atoms with E-state index in [9.17, 15) is 18.0 Å². The van der Waals surface area contributed by atoms with E-state index in [2.05, 4.69) is 25.4 Å². The topological polar surface area (TPSA) is 115 Å². The van der Waals surface area contributed by atoms with Crippen molar-refractivity contribution in [3.63, 3.8) is 0 Å². The first-order valence-electron chi connectivity index (χ1n) is 10.0. The molecule has 0 saturated heterocycles. The lowest BCUT2D eigenvalue weighted by Crippen LogP contribution is -2.33. The standard InChI is InChI=1S/C21H16F4N8O/c1-32-19-15(18(26)28-9-29-19)17(31-32)12-2-3-13-11(16(12)22)5-7-33(13)20(34)30-10-4-6-27-14(8-10)21(23,24)25/h2-4,6,8-9H,5,7H2,1H3,(H2,26,28,29)(H,27,30,34). The van der Waals surface area contributed by atoms with Crippen molar-refractivity contribution >= 4 is 34.3 Å². The Hall–Kier alpha value is -4.29. The van der Waals surface area contributed by atoms with E-state index in [-0.39, 0.29) is 41.3 Å². The van der Waals surface area contributed by atoms with Gasteiger partial charge in [-0.1, -0.05) is 0 Å². The summed E-state index contributed by atoms with van der Waals surface area (Å²) in [6, 6.07) is 4.33. The van der Waals surface area contributed by atoms with Gasteiger partial charge in [-0.2, -0.15) is 18.3 Å². The van der Waals surface area contributed by atoms with Crippen molar-refractivity contribution in [3.8, 4) is 11.3 Å². The van der Waals surface area contributed by atoms with Crippen LogP contribution in [0.5, 0.6) is 0 Å². The molecule has 0 saturated carbocycles. The van der Waals surface area contributed by atoms with Crippen LogP contribution in [0.1, 0.15) is 11.3 Å². The number of amides is 2. The van der Waals surface area contributed by atoms with E-state index in [1.165, 1.54) is 28.0 Å². The number of aromatic nitrogens is 5. The van der Waals surface area contributed by atoms with Crippen LogP contribution in [-0.2, 0) is 19.6 Å². The van der Waals surface area contributed by atoms with Crippen LogP contribution < -0.4 is 16.0 Å². The SMILES string of the molecule is Cn1nc(-c2ccc3c(c2F)CCN3C(=O)Nc2ccnc(C(F)(F)F)c2)c2c(N)ncnc21. The number of aryl methyl sites for hydroxylation is 1. The highest BCUT2D eigenvalue weighted by Gasteiger charge is 2.33. The van der Waals surface area contributed by atoms with Crippen molar-refractivity contribution in [2.45, 2.75) is 12.6 Å². The quantitative estimate of drug-likeness (QED) is 0.430. The fraction of sp³-hybridized carbons (Fsp3) is 0.190. The summed E-state index contributed by atoms with van der Waals surface area (Å²) >= 11 is 0. The van der Waals surface area contributed by atoms with E-state index in [0.29, 0.717) is 16.7 Å². The van der Waals surface area contributed by atoms with Gasteiger partial charge in [-0.3, -0.25) is 9.88 Å². The van der Waals surface area contributed by atoms with Crippen LogP contribution in [0.4, 0.5) is 39.5 Å². The maximum Gasteiger partial charge on any atom is 0.433 e. The van der Waals surface area contributed by atoms with Crippen molar-refractivity contribution in [2.75, 3.05) is 22.5 Å². The summed E-state index contributed by atoms with van der Waals surface area (Å²) in [4.78, 5) is 25.4. The summed E-state index contributed by atoms with van der Waals surface area (Å²) in [6.07, 6.45) is -2.19. The van der Waals surface area contributed by atoms with Gasteiger partial charge < -0.3 is 11.1 Å². The number of urea groups is 1. The maximum absolute atomic E-state index is 15.6. The number of nitrogen functional groups attached to an aromatic ring is 1. The second kappa shape index (κ2) is 7.64. The summed E-state index contributed by atoms with van der Waals surface area (Å²) in [5.41, 5.74) is 6.27. The normalized spacial score (nSPS) is 13.4. The minimum Gasteiger partial charge on any atom is -0.383 e. The van der Waals surface area contributed by atoms with Crippen molar-refractivity contribution in [2.24, 2.45) is 7.05 Å². The first-order valence-corrected chi connectivity index (χ1v) is 10.0. The van der Waals surface area contributed by atoms with Gasteiger partial charge in [0.2, 0.25) is 0 Å². The molecule has 2 amide bonds. The Kier molecular flexibility index (Phi) is 4.84. The fourth-order valence-electron chi connectivity index (χ4n) is 3.99. The Morgan fingerprint density at radius 1 is 1.18 bits per heavy atom. The number of hydrogen-bond donors (Lipinski definition) is 2. The second-order valence-electron chi connectivity index (χ2n) is 7.61. The van der Waals surface area contributed by atoms with Crippen molar-refractivity contribution in [1.29, 1.82) is 0 Å². The third-order valence-electron chi connectivity index (χ3n) is 5.55. The first-order chi connectivity index (χ1) is 16.1. The molecule has 4 heterocycles. The van der Waals surface area contributed by atoms with Gasteiger partial charge in [0, 0.05) is 36.6 Å². The zero-order chi connectivity index (χ0) is 24.2. The molecule has 9 nitrogen and oxygen atoms in total. The highest BCUT2D eigenvalue weighted by Crippen LogP contribution is 2.38. The molecule has 1 aromatic carbocycles. The number of nitrogens with zero attached hydrogens (tertiary/aromatic N) is 6. The molecule has 3 N–H and O–H groups in total. The third kappa shape index (κ3) is 3.45. The Morgan fingerprint density at radius 3 is 2.74 bits per heavy atom. The zero-order valence-electron chi connectivity index (χ0n) is 17.6. The number of pyridine rings is 1. The lowest BCUT2D eigenvalue weighted by molar-refractivity contribution is -0.141. The zero-order valence-corrected chi connectivity index (χ0v) is 17.6. The first kappa shape index (κ1) is 21.6. The van der Waals surface area contributed by atoms with Gasteiger partial charge in [0.25, 0.3) is 0 Å². The number of halogens is 4. The monoisotopic (exact) mass is 472 g/mol. The molecule has 1 aliphatic heterocycles. The molecule has 0 atom stereocenters. The molecule has 0 fully saturated rings. The molecule has 34 heavy (non-hydrogen) atoms. The molecule has 0 unspecified atom stereocenters. The van der Waals surface area contributed by atoms with Crippen LogP contribution in [-0.4, -0.2) is 37.3 Å². The van der Waals surface area contributed by atoms with Crippen LogP contribution in [0.3, 0.4) is 0 Å². The molecule has 5 rings (SSSR count). The second-order valence-corrected chi connectivity index (χ2v) is 7.61. The molecular weight excluding hydrogens is 456 g/mol. The van der Waals surface area contributed by atoms with Gasteiger partial charge in [0.05, 0.1) is 11.1 Å². The van der Waals surface area contributed by atoms with E-state index in [4.69, 9.17) is 5.73 Å². The molecular formula is C21H16F4N8O. The van der Waals surface area contributed by atoms with Crippen LogP contribution >= 0.6 is 0 Å². The minimum absolute atomic E-state index is 0.0757. The molecule has 0 bridgehead atoms. The van der Waals surface area contributed by atoms with E-state index in [1.807, 2.05) is 0 Å². The molecule has 0 aliphatic carbocycles. The van der Waals surface area contributed by atoms with E-state index >= 15 is 4.39 Å². The Bertz CT molecular complexity index is 1450. The summed E-state index contributed by atoms with van der Waals surface area (Å²) in [5, 5.41) is 7.17. The lowest BCUT2D eigenvalue weighted by atomic mass is 10.0. The average Bonchev–Trinajstić information content (AvgIpc) is 3.37. The third-order valence-corrected chi connectivity index (χ3v) is 5.55. The highest BCUT2D eigenvalue weighted by molar-refractivity contribution is 6.04.